The first-order valence-corrected chi connectivity index (χ1v) is 14.0. The number of aryl methyl sites for hydroxylation is 1. The minimum atomic E-state index is -0.909. The van der Waals surface area contributed by atoms with Crippen molar-refractivity contribution in [3.05, 3.63) is 36.3 Å². The van der Waals surface area contributed by atoms with Crippen molar-refractivity contribution in [3.8, 4) is 0 Å². The van der Waals surface area contributed by atoms with Gasteiger partial charge in [-0.2, -0.15) is 0 Å². The van der Waals surface area contributed by atoms with E-state index in [1.807, 2.05) is 0 Å². The van der Waals surface area contributed by atoms with Gasteiger partial charge in [-0.3, -0.25) is 29.3 Å². The molecule has 5 N–H and O–H groups in total. The molecule has 240 valence electrons. The van der Waals surface area contributed by atoms with Crippen LogP contribution < -0.4 is 26.6 Å². The standard InChI is InChI=1S/C29H41N7O8/c1-17(30-22(37)10-8-9-11-23(38)43-7)25(39)31-18(2)26(40)32-19-12-14-20(15-13-19)33-27(41)24-34-21(16-36(24)6)35-28(42)44-29(3,4)5/h12-18H,8-11H2,1-7H3,(H,30,37)(H,31,39)(H,32,40)(H,33,41)(H,35,42)/t17-,18-/m0/s1. The first-order chi connectivity index (χ1) is 20.6. The summed E-state index contributed by atoms with van der Waals surface area (Å²) in [4.78, 5) is 77.1. The van der Waals surface area contributed by atoms with Crippen LogP contribution in [0, 0.1) is 0 Å². The van der Waals surface area contributed by atoms with Crippen LogP contribution in [0.5, 0.6) is 0 Å². The molecule has 0 radical (unpaired) electrons. The molecule has 0 saturated heterocycles. The van der Waals surface area contributed by atoms with Gasteiger partial charge in [0.25, 0.3) is 5.91 Å². The molecule has 0 spiro atoms. The number of nitrogens with one attached hydrogen (secondary N) is 5. The Hall–Kier alpha value is -4.95. The molecule has 15 heteroatoms. The molecule has 0 aliphatic rings. The van der Waals surface area contributed by atoms with Crippen molar-refractivity contribution < 1.29 is 38.2 Å². The number of carbonyl (C=O) groups excluding carboxylic acids is 6. The van der Waals surface area contributed by atoms with Gasteiger partial charge in [0.05, 0.1) is 7.11 Å². The minimum absolute atomic E-state index is 0.0435. The molecule has 2 rings (SSSR count). The third kappa shape index (κ3) is 12.1. The number of unbranched alkanes of at least 4 members (excludes halogenated alkanes) is 1. The zero-order valence-electron chi connectivity index (χ0n) is 26.0. The maximum absolute atomic E-state index is 12.7. The number of imidazole rings is 1. The summed E-state index contributed by atoms with van der Waals surface area (Å²) < 4.78 is 11.2. The summed E-state index contributed by atoms with van der Waals surface area (Å²) >= 11 is 0. The Labute approximate surface area is 255 Å². The van der Waals surface area contributed by atoms with Crippen LogP contribution >= 0.6 is 0 Å². The van der Waals surface area contributed by atoms with E-state index in [1.165, 1.54) is 31.7 Å². The maximum atomic E-state index is 12.7. The second-order valence-corrected chi connectivity index (χ2v) is 11.0. The first-order valence-electron chi connectivity index (χ1n) is 14.0. The van der Waals surface area contributed by atoms with Crippen LogP contribution in [0.25, 0.3) is 0 Å². The summed E-state index contributed by atoms with van der Waals surface area (Å²) in [6, 6.07) is 4.50. The van der Waals surface area contributed by atoms with E-state index in [9.17, 15) is 28.8 Å². The van der Waals surface area contributed by atoms with Crippen molar-refractivity contribution in [2.75, 3.05) is 23.1 Å². The number of hydrogen-bond donors (Lipinski definition) is 5. The number of ether oxygens (including phenoxy) is 2. The highest BCUT2D eigenvalue weighted by Crippen LogP contribution is 2.16. The molecule has 2 atom stereocenters. The van der Waals surface area contributed by atoms with Crippen molar-refractivity contribution >= 4 is 52.9 Å². The van der Waals surface area contributed by atoms with E-state index in [4.69, 9.17) is 4.74 Å². The number of anilines is 3. The summed E-state index contributed by atoms with van der Waals surface area (Å²) in [6.45, 7) is 8.19. The average molecular weight is 616 g/mol. The molecule has 0 aliphatic carbocycles. The van der Waals surface area contributed by atoms with Crippen LogP contribution in [0.4, 0.5) is 22.0 Å². The Morgan fingerprint density at radius 1 is 0.841 bits per heavy atom. The van der Waals surface area contributed by atoms with Crippen LogP contribution in [0.3, 0.4) is 0 Å². The monoisotopic (exact) mass is 615 g/mol. The van der Waals surface area contributed by atoms with E-state index < -0.39 is 41.5 Å². The van der Waals surface area contributed by atoms with Crippen LogP contribution in [-0.2, 0) is 35.7 Å². The maximum Gasteiger partial charge on any atom is 0.413 e. The predicted molar refractivity (Wildman–Crippen MR) is 162 cm³/mol. The fourth-order valence-corrected chi connectivity index (χ4v) is 3.66. The number of nitrogens with zero attached hydrogens (tertiary/aromatic N) is 2. The van der Waals surface area contributed by atoms with Gasteiger partial charge >= 0.3 is 12.1 Å². The molecule has 2 aromatic rings. The van der Waals surface area contributed by atoms with Crippen molar-refractivity contribution in [2.24, 2.45) is 7.05 Å². The van der Waals surface area contributed by atoms with E-state index in [1.54, 1.807) is 52.1 Å². The molecule has 0 fully saturated rings. The minimum Gasteiger partial charge on any atom is -0.469 e. The number of methoxy groups -OCH3 is 1. The van der Waals surface area contributed by atoms with Gasteiger partial charge < -0.3 is 35.3 Å². The lowest BCUT2D eigenvalue weighted by Gasteiger charge is -2.19. The van der Waals surface area contributed by atoms with Gasteiger partial charge in [0.2, 0.25) is 23.5 Å². The van der Waals surface area contributed by atoms with Gasteiger partial charge in [0.15, 0.2) is 5.82 Å². The number of rotatable bonds is 13. The Morgan fingerprint density at radius 2 is 1.41 bits per heavy atom. The van der Waals surface area contributed by atoms with Gasteiger partial charge in [-0.1, -0.05) is 0 Å². The third-order valence-corrected chi connectivity index (χ3v) is 5.90. The van der Waals surface area contributed by atoms with E-state index in [2.05, 4.69) is 36.3 Å². The summed E-state index contributed by atoms with van der Waals surface area (Å²) in [6.07, 6.45) is 2.10. The highest BCUT2D eigenvalue weighted by atomic mass is 16.6. The number of hydrogen-bond acceptors (Lipinski definition) is 9. The van der Waals surface area contributed by atoms with Crippen molar-refractivity contribution in [1.82, 2.24) is 20.2 Å². The molecule has 1 heterocycles. The smallest absolute Gasteiger partial charge is 0.413 e. The summed E-state index contributed by atoms with van der Waals surface area (Å²) in [5, 5.41) is 13.0. The van der Waals surface area contributed by atoms with E-state index in [0.717, 1.165) is 0 Å². The molecule has 0 aliphatic heterocycles. The van der Waals surface area contributed by atoms with Gasteiger partial charge in [-0.05, 0) is 71.7 Å². The van der Waals surface area contributed by atoms with Crippen LogP contribution in [0.2, 0.25) is 0 Å². The fraction of sp³-hybridized carbons (Fsp3) is 0.483. The molecule has 0 unspecified atom stereocenters. The summed E-state index contributed by atoms with van der Waals surface area (Å²) in [5.41, 5.74) is 0.154. The van der Waals surface area contributed by atoms with Gasteiger partial charge in [0, 0.05) is 37.5 Å². The van der Waals surface area contributed by atoms with Crippen LogP contribution in [0.15, 0.2) is 30.5 Å². The molecule has 0 saturated carbocycles. The molecule has 1 aromatic heterocycles. The van der Waals surface area contributed by atoms with Crippen LogP contribution in [0.1, 0.15) is 70.9 Å². The molecular formula is C29H41N7O8. The zero-order valence-corrected chi connectivity index (χ0v) is 26.0. The molecule has 44 heavy (non-hydrogen) atoms. The van der Waals surface area contributed by atoms with Crippen molar-refractivity contribution in [3.63, 3.8) is 0 Å². The fourth-order valence-electron chi connectivity index (χ4n) is 3.66. The highest BCUT2D eigenvalue weighted by molar-refractivity contribution is 6.03. The third-order valence-electron chi connectivity index (χ3n) is 5.90. The first kappa shape index (κ1) is 35.2. The number of esters is 1. The Kier molecular flexibility index (Phi) is 12.9. The number of benzene rings is 1. The summed E-state index contributed by atoms with van der Waals surface area (Å²) in [5.74, 6) is -2.05. The lowest BCUT2D eigenvalue weighted by Crippen LogP contribution is -2.50. The molecule has 5 amide bonds. The number of aromatic nitrogens is 2. The Morgan fingerprint density at radius 3 is 2.00 bits per heavy atom. The molecule has 1 aromatic carbocycles. The number of carbonyl (C=O) groups is 6. The SMILES string of the molecule is COC(=O)CCCCC(=O)N[C@@H](C)C(=O)N[C@@H](C)C(=O)Nc1ccc(NC(=O)c2nc(NC(=O)OC(C)(C)C)cn2C)cc1. The Balaban J connectivity index is 1.83. The topological polar surface area (TPSA) is 199 Å². The average Bonchev–Trinajstić information content (AvgIpc) is 3.30. The van der Waals surface area contributed by atoms with E-state index in [0.29, 0.717) is 24.2 Å². The number of amides is 5. The van der Waals surface area contributed by atoms with Gasteiger partial charge in [-0.15, -0.1) is 0 Å². The normalized spacial score (nSPS) is 12.2. The van der Waals surface area contributed by atoms with Gasteiger partial charge in [0.1, 0.15) is 17.7 Å². The second kappa shape index (κ2) is 16.0. The molecule has 0 bridgehead atoms. The zero-order chi connectivity index (χ0) is 33.0. The van der Waals surface area contributed by atoms with E-state index in [-0.39, 0.29) is 36.4 Å². The van der Waals surface area contributed by atoms with Crippen molar-refractivity contribution in [2.45, 2.75) is 78.0 Å². The lowest BCUT2D eigenvalue weighted by molar-refractivity contribution is -0.140. The molecular weight excluding hydrogens is 574 g/mol. The Bertz CT molecular complexity index is 1350. The molecule has 15 nitrogen and oxygen atoms in total. The highest BCUT2D eigenvalue weighted by Gasteiger charge is 2.22. The summed E-state index contributed by atoms with van der Waals surface area (Å²) in [7, 11) is 2.90. The van der Waals surface area contributed by atoms with E-state index >= 15 is 0 Å². The lowest BCUT2D eigenvalue weighted by atomic mass is 10.1. The largest absolute Gasteiger partial charge is 0.469 e. The van der Waals surface area contributed by atoms with Crippen LogP contribution in [-0.4, -0.2) is 70.0 Å². The second-order valence-electron chi connectivity index (χ2n) is 11.0. The quantitative estimate of drug-likeness (QED) is 0.166. The van der Waals surface area contributed by atoms with Crippen molar-refractivity contribution in [1.29, 1.82) is 0 Å². The van der Waals surface area contributed by atoms with Gasteiger partial charge in [-0.25, -0.2) is 9.78 Å². The predicted octanol–water partition coefficient (Wildman–Crippen LogP) is 2.70.